The Morgan fingerprint density at radius 3 is 2.65 bits per heavy atom. The van der Waals surface area contributed by atoms with Crippen LogP contribution in [-0.2, 0) is 17.6 Å². The summed E-state index contributed by atoms with van der Waals surface area (Å²) in [7, 11) is 0. The lowest BCUT2D eigenvalue weighted by molar-refractivity contribution is -0.121. The van der Waals surface area contributed by atoms with E-state index >= 15 is 0 Å². The molecule has 0 saturated heterocycles. The lowest BCUT2D eigenvalue weighted by Crippen LogP contribution is -2.26. The van der Waals surface area contributed by atoms with E-state index in [1.165, 1.54) is 23.3 Å². The van der Waals surface area contributed by atoms with Crippen LogP contribution in [0.25, 0.3) is 11.4 Å². The fourth-order valence-electron chi connectivity index (χ4n) is 2.61. The molecule has 3 rings (SSSR count). The highest BCUT2D eigenvalue weighted by Gasteiger charge is 2.11. The third-order valence-corrected chi connectivity index (χ3v) is 4.11. The van der Waals surface area contributed by atoms with Crippen LogP contribution in [0.5, 0.6) is 0 Å². The molecule has 6 heteroatoms. The van der Waals surface area contributed by atoms with Gasteiger partial charge in [-0.15, -0.1) is 0 Å². The number of benzene rings is 2. The topological polar surface area (TPSA) is 68.0 Å². The second-order valence-corrected chi connectivity index (χ2v) is 6.05. The van der Waals surface area contributed by atoms with Gasteiger partial charge in [0.1, 0.15) is 5.82 Å². The summed E-state index contributed by atoms with van der Waals surface area (Å²) in [5.74, 6) is 0.401. The molecule has 0 bridgehead atoms. The van der Waals surface area contributed by atoms with E-state index in [0.29, 0.717) is 30.2 Å². The second kappa shape index (κ2) is 8.38. The van der Waals surface area contributed by atoms with Crippen molar-refractivity contribution in [3.05, 3.63) is 71.4 Å². The highest BCUT2D eigenvalue weighted by molar-refractivity contribution is 5.76. The van der Waals surface area contributed by atoms with Crippen LogP contribution in [0.3, 0.4) is 0 Å². The number of halogens is 1. The monoisotopic (exact) mass is 353 g/mol. The average molecular weight is 353 g/mol. The van der Waals surface area contributed by atoms with Crippen molar-refractivity contribution in [2.45, 2.75) is 26.2 Å². The van der Waals surface area contributed by atoms with Gasteiger partial charge in [0.05, 0.1) is 0 Å². The number of aryl methyl sites for hydroxylation is 2. The first-order valence-corrected chi connectivity index (χ1v) is 8.51. The Morgan fingerprint density at radius 1 is 1.12 bits per heavy atom. The molecule has 1 N–H and O–H groups in total. The first-order valence-electron chi connectivity index (χ1n) is 8.51. The number of nitrogens with one attached hydrogen (secondary N) is 1. The largest absolute Gasteiger partial charge is 0.356 e. The summed E-state index contributed by atoms with van der Waals surface area (Å²) >= 11 is 0. The molecule has 1 aromatic heterocycles. The SMILES string of the molecule is Cc1ccccc1CCNC(=O)CCc1nc(-c2ccc(F)cc2)no1. The van der Waals surface area contributed by atoms with E-state index in [4.69, 9.17) is 4.52 Å². The molecule has 5 nitrogen and oxygen atoms in total. The maximum absolute atomic E-state index is 12.9. The normalized spacial score (nSPS) is 10.7. The van der Waals surface area contributed by atoms with Gasteiger partial charge in [0.15, 0.2) is 0 Å². The van der Waals surface area contributed by atoms with Gasteiger partial charge >= 0.3 is 0 Å². The Hall–Kier alpha value is -3.02. The van der Waals surface area contributed by atoms with Crippen molar-refractivity contribution in [1.82, 2.24) is 15.5 Å². The molecule has 134 valence electrons. The second-order valence-electron chi connectivity index (χ2n) is 6.05. The van der Waals surface area contributed by atoms with Gasteiger partial charge in [-0.1, -0.05) is 29.4 Å². The Kier molecular flexibility index (Phi) is 5.73. The van der Waals surface area contributed by atoms with Gasteiger partial charge in [-0.05, 0) is 48.7 Å². The molecule has 0 fully saturated rings. The Balaban J connectivity index is 1.45. The zero-order valence-corrected chi connectivity index (χ0v) is 14.5. The lowest BCUT2D eigenvalue weighted by Gasteiger charge is -2.06. The van der Waals surface area contributed by atoms with Crippen LogP contribution in [-0.4, -0.2) is 22.6 Å². The molecule has 1 heterocycles. The van der Waals surface area contributed by atoms with Crippen molar-refractivity contribution in [3.63, 3.8) is 0 Å². The molecule has 0 saturated carbocycles. The van der Waals surface area contributed by atoms with Crippen LogP contribution in [0.2, 0.25) is 0 Å². The molecular formula is C20H20FN3O2. The standard InChI is InChI=1S/C20H20FN3O2/c1-14-4-2-3-5-15(14)12-13-22-18(25)10-11-19-23-20(24-26-19)16-6-8-17(21)9-7-16/h2-9H,10-13H2,1H3,(H,22,25). The van der Waals surface area contributed by atoms with E-state index in [1.807, 2.05) is 12.1 Å². The van der Waals surface area contributed by atoms with Crippen LogP contribution < -0.4 is 5.32 Å². The summed E-state index contributed by atoms with van der Waals surface area (Å²) in [5, 5.41) is 6.77. The quantitative estimate of drug-likeness (QED) is 0.706. The van der Waals surface area contributed by atoms with Crippen molar-refractivity contribution in [1.29, 1.82) is 0 Å². The van der Waals surface area contributed by atoms with Gasteiger partial charge < -0.3 is 9.84 Å². The maximum atomic E-state index is 12.9. The van der Waals surface area contributed by atoms with Crippen LogP contribution in [0, 0.1) is 12.7 Å². The molecule has 0 atom stereocenters. The summed E-state index contributed by atoms with van der Waals surface area (Å²) < 4.78 is 18.1. The van der Waals surface area contributed by atoms with Gasteiger partial charge in [0.2, 0.25) is 17.6 Å². The fourth-order valence-corrected chi connectivity index (χ4v) is 2.61. The number of amides is 1. The predicted octanol–water partition coefficient (Wildman–Crippen LogP) is 3.48. The molecule has 26 heavy (non-hydrogen) atoms. The van der Waals surface area contributed by atoms with E-state index < -0.39 is 0 Å². The molecule has 0 unspecified atom stereocenters. The first kappa shape index (κ1) is 17.8. The zero-order valence-electron chi connectivity index (χ0n) is 14.5. The van der Waals surface area contributed by atoms with Crippen molar-refractivity contribution in [3.8, 4) is 11.4 Å². The van der Waals surface area contributed by atoms with Gasteiger partial charge in [-0.3, -0.25) is 4.79 Å². The Morgan fingerprint density at radius 2 is 1.88 bits per heavy atom. The minimum Gasteiger partial charge on any atom is -0.356 e. The predicted molar refractivity (Wildman–Crippen MR) is 95.9 cm³/mol. The number of rotatable bonds is 7. The molecule has 0 radical (unpaired) electrons. The number of nitrogens with zero attached hydrogens (tertiary/aromatic N) is 2. The Labute approximate surface area is 151 Å². The lowest BCUT2D eigenvalue weighted by atomic mass is 10.1. The molecule has 0 aliphatic heterocycles. The fraction of sp³-hybridized carbons (Fsp3) is 0.250. The van der Waals surface area contributed by atoms with Crippen molar-refractivity contribution < 1.29 is 13.7 Å². The highest BCUT2D eigenvalue weighted by atomic mass is 19.1. The summed E-state index contributed by atoms with van der Waals surface area (Å²) in [5.41, 5.74) is 3.12. The number of carbonyl (C=O) groups excluding carboxylic acids is 1. The van der Waals surface area contributed by atoms with Crippen LogP contribution in [0.1, 0.15) is 23.4 Å². The van der Waals surface area contributed by atoms with Gasteiger partial charge in [-0.2, -0.15) is 4.98 Å². The smallest absolute Gasteiger partial charge is 0.227 e. The third kappa shape index (κ3) is 4.75. The van der Waals surface area contributed by atoms with E-state index in [-0.39, 0.29) is 18.1 Å². The minimum absolute atomic E-state index is 0.0554. The minimum atomic E-state index is -0.320. The molecule has 0 aliphatic carbocycles. The molecule has 1 amide bonds. The average Bonchev–Trinajstić information content (AvgIpc) is 3.11. The number of hydrogen-bond acceptors (Lipinski definition) is 4. The third-order valence-electron chi connectivity index (χ3n) is 4.11. The van der Waals surface area contributed by atoms with Gasteiger partial charge in [-0.25, -0.2) is 4.39 Å². The number of hydrogen-bond donors (Lipinski definition) is 1. The van der Waals surface area contributed by atoms with E-state index in [2.05, 4.69) is 34.5 Å². The van der Waals surface area contributed by atoms with E-state index in [1.54, 1.807) is 12.1 Å². The summed E-state index contributed by atoms with van der Waals surface area (Å²) in [6.45, 7) is 2.65. The summed E-state index contributed by atoms with van der Waals surface area (Å²) in [6, 6.07) is 14.0. The highest BCUT2D eigenvalue weighted by Crippen LogP contribution is 2.16. The van der Waals surface area contributed by atoms with Crippen LogP contribution in [0.4, 0.5) is 4.39 Å². The molecular weight excluding hydrogens is 333 g/mol. The summed E-state index contributed by atoms with van der Waals surface area (Å²) in [4.78, 5) is 16.2. The van der Waals surface area contributed by atoms with Gasteiger partial charge in [0, 0.05) is 24.9 Å². The van der Waals surface area contributed by atoms with E-state index in [9.17, 15) is 9.18 Å². The summed E-state index contributed by atoms with van der Waals surface area (Å²) in [6.07, 6.45) is 1.44. The maximum Gasteiger partial charge on any atom is 0.227 e. The van der Waals surface area contributed by atoms with Crippen LogP contribution >= 0.6 is 0 Å². The van der Waals surface area contributed by atoms with Crippen LogP contribution in [0.15, 0.2) is 53.1 Å². The molecule has 0 spiro atoms. The zero-order chi connectivity index (χ0) is 18.4. The van der Waals surface area contributed by atoms with Crippen molar-refractivity contribution in [2.24, 2.45) is 0 Å². The van der Waals surface area contributed by atoms with Gasteiger partial charge in [0.25, 0.3) is 0 Å². The number of aromatic nitrogens is 2. The molecule has 0 aliphatic rings. The molecule has 3 aromatic rings. The number of carbonyl (C=O) groups is 1. The molecule has 2 aromatic carbocycles. The van der Waals surface area contributed by atoms with Crippen molar-refractivity contribution >= 4 is 5.91 Å². The van der Waals surface area contributed by atoms with E-state index in [0.717, 1.165) is 6.42 Å². The first-order chi connectivity index (χ1) is 12.6. The van der Waals surface area contributed by atoms with Crippen molar-refractivity contribution in [2.75, 3.05) is 6.54 Å². The Bertz CT molecular complexity index is 875.